The summed E-state index contributed by atoms with van der Waals surface area (Å²) >= 11 is 1.44. The summed E-state index contributed by atoms with van der Waals surface area (Å²) in [4.78, 5) is 16.6. The van der Waals surface area contributed by atoms with Crippen LogP contribution in [0.15, 0.2) is 34.4 Å². The molecule has 1 aromatic carbocycles. The lowest BCUT2D eigenvalue weighted by Gasteiger charge is -2.12. The minimum atomic E-state index is -0.0160. The summed E-state index contributed by atoms with van der Waals surface area (Å²) in [6.45, 7) is 8.34. The van der Waals surface area contributed by atoms with Crippen LogP contribution in [0, 0.1) is 5.92 Å². The van der Waals surface area contributed by atoms with Crippen LogP contribution in [0.5, 0.6) is 0 Å². The van der Waals surface area contributed by atoms with Crippen molar-refractivity contribution in [1.29, 1.82) is 0 Å². The van der Waals surface area contributed by atoms with Gasteiger partial charge in [-0.3, -0.25) is 4.79 Å². The van der Waals surface area contributed by atoms with Crippen LogP contribution < -0.4 is 0 Å². The number of hydrazone groups is 1. The van der Waals surface area contributed by atoms with Gasteiger partial charge in [0.2, 0.25) is 0 Å². The van der Waals surface area contributed by atoms with Crippen LogP contribution in [-0.2, 0) is 4.79 Å². The molecule has 0 aromatic heterocycles. The Morgan fingerprint density at radius 3 is 2.62 bits per heavy atom. The summed E-state index contributed by atoms with van der Waals surface area (Å²) in [5.41, 5.74) is 2.09. The summed E-state index contributed by atoms with van der Waals surface area (Å²) in [7, 11) is 0. The van der Waals surface area contributed by atoms with Crippen molar-refractivity contribution in [2.45, 2.75) is 33.6 Å². The van der Waals surface area contributed by atoms with E-state index >= 15 is 0 Å². The van der Waals surface area contributed by atoms with Crippen LogP contribution in [0.2, 0.25) is 0 Å². The number of benzene rings is 1. The smallest absolute Gasteiger partial charge is 0.259 e. The van der Waals surface area contributed by atoms with E-state index < -0.39 is 0 Å². The van der Waals surface area contributed by atoms with E-state index in [2.05, 4.69) is 30.0 Å². The van der Waals surface area contributed by atoms with Crippen molar-refractivity contribution in [3.8, 4) is 0 Å². The van der Waals surface area contributed by atoms with E-state index in [4.69, 9.17) is 0 Å². The molecular weight excluding hydrogens is 282 g/mol. The number of nitrogens with zero attached hydrogens (tertiary/aromatic N) is 3. The third kappa shape index (κ3) is 3.94. The normalized spacial score (nSPS) is 17.9. The molecule has 0 bridgehead atoms. The van der Waals surface area contributed by atoms with Crippen molar-refractivity contribution >= 4 is 34.7 Å². The quantitative estimate of drug-likeness (QED) is 0.789. The number of amidine groups is 1. The van der Waals surface area contributed by atoms with Gasteiger partial charge in [-0.2, -0.15) is 10.1 Å². The number of carbonyl (C=O) groups excluding carboxylic acids is 1. The first-order valence-corrected chi connectivity index (χ1v) is 8.15. The van der Waals surface area contributed by atoms with E-state index in [1.165, 1.54) is 22.3 Å². The van der Waals surface area contributed by atoms with E-state index in [-0.39, 0.29) is 5.91 Å². The second-order valence-corrected chi connectivity index (χ2v) is 6.55. The van der Waals surface area contributed by atoms with Crippen LogP contribution >= 0.6 is 11.8 Å². The third-order valence-corrected chi connectivity index (χ3v) is 3.91. The highest BCUT2D eigenvalue weighted by molar-refractivity contribution is 8.15. The van der Waals surface area contributed by atoms with Gasteiger partial charge in [-0.25, -0.2) is 4.99 Å². The van der Waals surface area contributed by atoms with E-state index in [0.717, 1.165) is 5.69 Å². The van der Waals surface area contributed by atoms with Gasteiger partial charge in [0.15, 0.2) is 5.17 Å². The van der Waals surface area contributed by atoms with Gasteiger partial charge < -0.3 is 0 Å². The zero-order chi connectivity index (χ0) is 15.4. The van der Waals surface area contributed by atoms with Crippen LogP contribution in [0.1, 0.15) is 39.2 Å². The summed E-state index contributed by atoms with van der Waals surface area (Å²) < 4.78 is 0. The molecule has 0 N–H and O–H groups in total. The van der Waals surface area contributed by atoms with Gasteiger partial charge in [-0.1, -0.05) is 57.7 Å². The van der Waals surface area contributed by atoms with Gasteiger partial charge in [-0.05, 0) is 23.5 Å². The fourth-order valence-electron chi connectivity index (χ4n) is 1.93. The highest BCUT2D eigenvalue weighted by Crippen LogP contribution is 2.30. The molecule has 21 heavy (non-hydrogen) atoms. The highest BCUT2D eigenvalue weighted by atomic mass is 32.2. The van der Waals surface area contributed by atoms with Crippen molar-refractivity contribution in [2.24, 2.45) is 16.0 Å². The van der Waals surface area contributed by atoms with E-state index in [9.17, 15) is 4.79 Å². The first-order valence-electron chi connectivity index (χ1n) is 7.16. The van der Waals surface area contributed by atoms with E-state index in [1.807, 2.05) is 32.0 Å². The van der Waals surface area contributed by atoms with Crippen LogP contribution in [0.25, 0.3) is 0 Å². The molecule has 4 nitrogen and oxygen atoms in total. The largest absolute Gasteiger partial charge is 0.271 e. The molecule has 0 aliphatic carbocycles. The van der Waals surface area contributed by atoms with Crippen LogP contribution in [-0.4, -0.2) is 28.1 Å². The van der Waals surface area contributed by atoms with Crippen molar-refractivity contribution in [3.05, 3.63) is 29.8 Å². The summed E-state index contributed by atoms with van der Waals surface area (Å²) in [5.74, 6) is 1.07. The Morgan fingerprint density at radius 1 is 1.24 bits per heavy atom. The molecule has 112 valence electrons. The number of carbonyl (C=O) groups is 1. The predicted octanol–water partition coefficient (Wildman–Crippen LogP) is 4.01. The molecule has 0 atom stereocenters. The molecule has 1 aliphatic heterocycles. The molecule has 1 saturated heterocycles. The van der Waals surface area contributed by atoms with Crippen molar-refractivity contribution < 1.29 is 4.79 Å². The number of hydrogen-bond donors (Lipinski definition) is 0. The first kappa shape index (κ1) is 15.8. The fraction of sp³-hybridized carbons (Fsp3) is 0.438. The zero-order valence-corrected chi connectivity index (χ0v) is 13.7. The summed E-state index contributed by atoms with van der Waals surface area (Å²) in [6, 6.07) is 8.04. The fourth-order valence-corrected chi connectivity index (χ4v) is 2.74. The standard InChI is InChI=1S/C16H21N3OS/c1-11(2)9-17-19-15(20)10-21-16(19)18-14-8-6-5-7-13(14)12(3)4/h5-9,11-12H,10H2,1-4H3/b17-9+,18-16-. The van der Waals surface area contributed by atoms with Gasteiger partial charge in [0, 0.05) is 6.21 Å². The van der Waals surface area contributed by atoms with Gasteiger partial charge in [0.25, 0.3) is 5.91 Å². The van der Waals surface area contributed by atoms with Crippen LogP contribution in [0.3, 0.4) is 0 Å². The molecule has 5 heteroatoms. The Morgan fingerprint density at radius 2 is 1.95 bits per heavy atom. The Balaban J connectivity index is 2.33. The Labute approximate surface area is 130 Å². The Kier molecular flexibility index (Phi) is 5.17. The van der Waals surface area contributed by atoms with Gasteiger partial charge >= 0.3 is 0 Å². The number of amides is 1. The van der Waals surface area contributed by atoms with E-state index in [0.29, 0.717) is 22.8 Å². The Bertz CT molecular complexity index is 579. The first-order chi connectivity index (χ1) is 9.99. The monoisotopic (exact) mass is 303 g/mol. The number of aliphatic imine (C=N–C) groups is 1. The van der Waals surface area contributed by atoms with Gasteiger partial charge in [-0.15, -0.1) is 0 Å². The zero-order valence-electron chi connectivity index (χ0n) is 12.9. The number of rotatable bonds is 4. The molecule has 0 spiro atoms. The summed E-state index contributed by atoms with van der Waals surface area (Å²) in [6.07, 6.45) is 1.77. The molecular formula is C16H21N3OS. The second kappa shape index (κ2) is 6.89. The van der Waals surface area contributed by atoms with Crippen LogP contribution in [0.4, 0.5) is 5.69 Å². The SMILES string of the molecule is CC(C)/C=N/N1C(=O)CS/C1=N\c1ccccc1C(C)C. The maximum absolute atomic E-state index is 11.9. The predicted molar refractivity (Wildman–Crippen MR) is 90.3 cm³/mol. The lowest BCUT2D eigenvalue weighted by atomic mass is 10.0. The summed E-state index contributed by atoms with van der Waals surface area (Å²) in [5, 5.41) is 6.34. The average molecular weight is 303 g/mol. The molecule has 1 amide bonds. The minimum Gasteiger partial charge on any atom is -0.271 e. The number of thioether (sulfide) groups is 1. The molecule has 1 aliphatic rings. The van der Waals surface area contributed by atoms with Crippen molar-refractivity contribution in [1.82, 2.24) is 5.01 Å². The maximum Gasteiger partial charge on any atom is 0.259 e. The van der Waals surface area contributed by atoms with Crippen molar-refractivity contribution in [3.63, 3.8) is 0 Å². The lowest BCUT2D eigenvalue weighted by Crippen LogP contribution is -2.24. The molecule has 1 fully saturated rings. The topological polar surface area (TPSA) is 45.0 Å². The molecule has 1 heterocycles. The molecule has 1 aromatic rings. The highest BCUT2D eigenvalue weighted by Gasteiger charge is 2.28. The maximum atomic E-state index is 11.9. The minimum absolute atomic E-state index is 0.0160. The number of para-hydroxylation sites is 1. The molecule has 2 rings (SSSR count). The van der Waals surface area contributed by atoms with Crippen molar-refractivity contribution in [2.75, 3.05) is 5.75 Å². The average Bonchev–Trinajstić information content (AvgIpc) is 2.77. The third-order valence-electron chi connectivity index (χ3n) is 3.00. The van der Waals surface area contributed by atoms with E-state index in [1.54, 1.807) is 6.21 Å². The molecule has 0 radical (unpaired) electrons. The second-order valence-electron chi connectivity index (χ2n) is 5.61. The number of hydrogen-bond acceptors (Lipinski definition) is 4. The van der Waals surface area contributed by atoms with Gasteiger partial charge in [0.05, 0.1) is 11.4 Å². The molecule has 0 saturated carbocycles. The lowest BCUT2D eigenvalue weighted by molar-refractivity contribution is -0.124. The Hall–Kier alpha value is -1.62. The van der Waals surface area contributed by atoms with Gasteiger partial charge in [0.1, 0.15) is 0 Å². The molecule has 0 unspecified atom stereocenters.